The standard InChI is InChI=1S/C12H12Cl2N2O4/c13-10-5-8(16(18)19)4-9(11(10)14)12(17)15-7-2-1-3-20-6-7/h4-5,7H,1-3,6H2,(H,15,17). The van der Waals surface area contributed by atoms with Gasteiger partial charge in [0.2, 0.25) is 0 Å². The first-order valence-electron chi connectivity index (χ1n) is 6.01. The molecular weight excluding hydrogens is 307 g/mol. The molecule has 0 aliphatic carbocycles. The number of amides is 1. The van der Waals surface area contributed by atoms with E-state index in [2.05, 4.69) is 5.32 Å². The fourth-order valence-electron chi connectivity index (χ4n) is 1.96. The van der Waals surface area contributed by atoms with Crippen molar-refractivity contribution in [3.8, 4) is 0 Å². The van der Waals surface area contributed by atoms with Crippen molar-refractivity contribution in [1.29, 1.82) is 0 Å². The van der Waals surface area contributed by atoms with Crippen molar-refractivity contribution in [3.05, 3.63) is 37.9 Å². The van der Waals surface area contributed by atoms with Crippen LogP contribution in [0.1, 0.15) is 23.2 Å². The second-order valence-corrected chi connectivity index (χ2v) is 5.22. The topological polar surface area (TPSA) is 81.5 Å². The maximum absolute atomic E-state index is 12.1. The van der Waals surface area contributed by atoms with Crippen molar-refractivity contribution in [2.24, 2.45) is 0 Å². The van der Waals surface area contributed by atoms with Crippen molar-refractivity contribution < 1.29 is 14.5 Å². The first-order valence-corrected chi connectivity index (χ1v) is 6.76. The predicted molar refractivity (Wildman–Crippen MR) is 74.4 cm³/mol. The van der Waals surface area contributed by atoms with Crippen LogP contribution in [0.25, 0.3) is 0 Å². The van der Waals surface area contributed by atoms with E-state index in [1.165, 1.54) is 0 Å². The molecular formula is C12H12Cl2N2O4. The summed E-state index contributed by atoms with van der Waals surface area (Å²) in [6.45, 7) is 1.10. The van der Waals surface area contributed by atoms with Gasteiger partial charge in [-0.2, -0.15) is 0 Å². The Balaban J connectivity index is 2.21. The number of benzene rings is 1. The molecule has 1 fully saturated rings. The Morgan fingerprint density at radius 2 is 2.20 bits per heavy atom. The van der Waals surface area contributed by atoms with Crippen molar-refractivity contribution in [2.75, 3.05) is 13.2 Å². The van der Waals surface area contributed by atoms with Gasteiger partial charge in [-0.05, 0) is 12.8 Å². The SMILES string of the molecule is O=C(NC1CCCOC1)c1cc([N+](=O)[O-])cc(Cl)c1Cl. The predicted octanol–water partition coefficient (Wildman–Crippen LogP) is 2.81. The van der Waals surface area contributed by atoms with Gasteiger partial charge in [0.1, 0.15) is 0 Å². The fraction of sp³-hybridized carbons (Fsp3) is 0.417. The number of carbonyl (C=O) groups excluding carboxylic acids is 1. The molecule has 6 nitrogen and oxygen atoms in total. The summed E-state index contributed by atoms with van der Waals surface area (Å²) in [5, 5.41) is 13.5. The van der Waals surface area contributed by atoms with Crippen LogP contribution in [0.15, 0.2) is 12.1 Å². The molecule has 1 saturated heterocycles. The van der Waals surface area contributed by atoms with Crippen molar-refractivity contribution in [1.82, 2.24) is 5.32 Å². The minimum absolute atomic E-state index is 0.00330. The van der Waals surface area contributed by atoms with Crippen LogP contribution in [0.3, 0.4) is 0 Å². The van der Waals surface area contributed by atoms with Crippen LogP contribution in [0.4, 0.5) is 5.69 Å². The summed E-state index contributed by atoms with van der Waals surface area (Å²) in [6.07, 6.45) is 1.65. The van der Waals surface area contributed by atoms with E-state index >= 15 is 0 Å². The van der Waals surface area contributed by atoms with Gasteiger partial charge < -0.3 is 10.1 Å². The highest BCUT2D eigenvalue weighted by molar-refractivity contribution is 6.44. The van der Waals surface area contributed by atoms with Crippen molar-refractivity contribution >= 4 is 34.8 Å². The minimum atomic E-state index is -0.622. The molecule has 8 heteroatoms. The zero-order valence-corrected chi connectivity index (χ0v) is 11.9. The van der Waals surface area contributed by atoms with Crippen molar-refractivity contribution in [2.45, 2.75) is 18.9 Å². The second kappa shape index (κ2) is 6.39. The van der Waals surface area contributed by atoms with E-state index in [-0.39, 0.29) is 27.3 Å². The number of nitro benzene ring substituents is 1. The van der Waals surface area contributed by atoms with Gasteiger partial charge in [-0.1, -0.05) is 23.2 Å². The third-order valence-corrected chi connectivity index (χ3v) is 3.77. The highest BCUT2D eigenvalue weighted by Gasteiger charge is 2.22. The van der Waals surface area contributed by atoms with Gasteiger partial charge in [-0.25, -0.2) is 0 Å². The summed E-state index contributed by atoms with van der Waals surface area (Å²) in [7, 11) is 0. The van der Waals surface area contributed by atoms with E-state index < -0.39 is 10.8 Å². The normalized spacial score (nSPS) is 18.6. The summed E-state index contributed by atoms with van der Waals surface area (Å²) in [5.41, 5.74) is -0.277. The van der Waals surface area contributed by atoms with E-state index in [4.69, 9.17) is 27.9 Å². The molecule has 1 atom stereocenters. The van der Waals surface area contributed by atoms with Gasteiger partial charge in [-0.15, -0.1) is 0 Å². The number of rotatable bonds is 3. The summed E-state index contributed by atoms with van der Waals surface area (Å²) in [5.74, 6) is -0.490. The quantitative estimate of drug-likeness (QED) is 0.686. The molecule has 0 radical (unpaired) electrons. The Morgan fingerprint density at radius 3 is 2.80 bits per heavy atom. The molecule has 1 aliphatic rings. The minimum Gasteiger partial charge on any atom is -0.379 e. The number of halogens is 2. The van der Waals surface area contributed by atoms with Crippen LogP contribution < -0.4 is 5.32 Å². The van der Waals surface area contributed by atoms with Crippen molar-refractivity contribution in [3.63, 3.8) is 0 Å². The number of hydrogen-bond donors (Lipinski definition) is 1. The smallest absolute Gasteiger partial charge is 0.271 e. The molecule has 0 spiro atoms. The van der Waals surface area contributed by atoms with Crippen LogP contribution in [0, 0.1) is 10.1 Å². The second-order valence-electron chi connectivity index (χ2n) is 4.43. The molecule has 1 aliphatic heterocycles. The van der Waals surface area contributed by atoms with E-state index in [9.17, 15) is 14.9 Å². The molecule has 1 amide bonds. The average Bonchev–Trinajstić information content (AvgIpc) is 2.42. The zero-order valence-electron chi connectivity index (χ0n) is 10.4. The highest BCUT2D eigenvalue weighted by atomic mass is 35.5. The van der Waals surface area contributed by atoms with E-state index in [0.29, 0.717) is 13.2 Å². The Hall–Kier alpha value is -1.37. The first kappa shape index (κ1) is 15.0. The molecule has 1 N–H and O–H groups in total. The summed E-state index contributed by atoms with van der Waals surface area (Å²) < 4.78 is 5.25. The zero-order chi connectivity index (χ0) is 14.7. The average molecular weight is 319 g/mol. The van der Waals surface area contributed by atoms with Crippen LogP contribution in [0.5, 0.6) is 0 Å². The number of nitro groups is 1. The fourth-order valence-corrected chi connectivity index (χ4v) is 2.37. The summed E-state index contributed by atoms with van der Waals surface area (Å²) in [6, 6.07) is 2.11. The van der Waals surface area contributed by atoms with Gasteiger partial charge in [0.15, 0.2) is 0 Å². The molecule has 0 bridgehead atoms. The van der Waals surface area contributed by atoms with E-state index in [1.807, 2.05) is 0 Å². The first-order chi connectivity index (χ1) is 9.49. The lowest BCUT2D eigenvalue weighted by Gasteiger charge is -2.23. The van der Waals surface area contributed by atoms with Gasteiger partial charge in [-0.3, -0.25) is 14.9 Å². The third-order valence-electron chi connectivity index (χ3n) is 2.96. The Labute approximate surface area is 125 Å². The number of nitrogens with zero attached hydrogens (tertiary/aromatic N) is 1. The van der Waals surface area contributed by atoms with E-state index in [1.54, 1.807) is 0 Å². The van der Waals surface area contributed by atoms with Crippen LogP contribution >= 0.6 is 23.2 Å². The molecule has 0 aromatic heterocycles. The third kappa shape index (κ3) is 3.39. The van der Waals surface area contributed by atoms with Gasteiger partial charge in [0.05, 0.1) is 33.2 Å². The van der Waals surface area contributed by atoms with Gasteiger partial charge in [0, 0.05) is 18.7 Å². The van der Waals surface area contributed by atoms with Crippen LogP contribution in [0.2, 0.25) is 10.0 Å². The molecule has 1 unspecified atom stereocenters. The lowest BCUT2D eigenvalue weighted by Crippen LogP contribution is -2.40. The van der Waals surface area contributed by atoms with Gasteiger partial charge in [0.25, 0.3) is 11.6 Å². The maximum atomic E-state index is 12.1. The van der Waals surface area contributed by atoms with Crippen LogP contribution in [-0.4, -0.2) is 30.1 Å². The maximum Gasteiger partial charge on any atom is 0.271 e. The molecule has 108 valence electrons. The summed E-state index contributed by atoms with van der Waals surface area (Å²) in [4.78, 5) is 22.3. The molecule has 0 saturated carbocycles. The largest absolute Gasteiger partial charge is 0.379 e. The lowest BCUT2D eigenvalue weighted by atomic mass is 10.1. The Kier molecular flexibility index (Phi) is 4.80. The number of ether oxygens (including phenoxy) is 1. The monoisotopic (exact) mass is 318 g/mol. The number of carbonyl (C=O) groups is 1. The van der Waals surface area contributed by atoms with Crippen LogP contribution in [-0.2, 0) is 4.74 Å². The lowest BCUT2D eigenvalue weighted by molar-refractivity contribution is -0.384. The van der Waals surface area contributed by atoms with E-state index in [0.717, 1.165) is 25.0 Å². The molecule has 2 rings (SSSR count). The number of non-ortho nitro benzene ring substituents is 1. The molecule has 1 aromatic carbocycles. The van der Waals surface area contributed by atoms with Gasteiger partial charge >= 0.3 is 0 Å². The highest BCUT2D eigenvalue weighted by Crippen LogP contribution is 2.31. The Bertz CT molecular complexity index is 545. The molecule has 1 aromatic rings. The molecule has 1 heterocycles. The summed E-state index contributed by atoms with van der Waals surface area (Å²) >= 11 is 11.7. The number of hydrogen-bond acceptors (Lipinski definition) is 4. The Morgan fingerprint density at radius 1 is 1.45 bits per heavy atom. The molecule has 20 heavy (non-hydrogen) atoms. The number of nitrogens with one attached hydrogen (secondary N) is 1.